The Morgan fingerprint density at radius 1 is 1.05 bits per heavy atom. The molecule has 22 heavy (non-hydrogen) atoms. The Morgan fingerprint density at radius 3 is 2.59 bits per heavy atom. The van der Waals surface area contributed by atoms with Crippen LogP contribution in [0.4, 0.5) is 0 Å². The highest BCUT2D eigenvalue weighted by Crippen LogP contribution is 2.32. The Morgan fingerprint density at radius 2 is 1.82 bits per heavy atom. The van der Waals surface area contributed by atoms with Gasteiger partial charge in [-0.1, -0.05) is 42.5 Å². The maximum atomic E-state index is 3.62. The van der Waals surface area contributed by atoms with Crippen LogP contribution < -0.4 is 5.32 Å². The van der Waals surface area contributed by atoms with Crippen LogP contribution >= 0.6 is 40.1 Å². The van der Waals surface area contributed by atoms with E-state index in [2.05, 4.69) is 75.9 Å². The van der Waals surface area contributed by atoms with Crippen LogP contribution in [0.5, 0.6) is 0 Å². The first kappa shape index (κ1) is 17.5. The van der Waals surface area contributed by atoms with Gasteiger partial charge >= 0.3 is 0 Å². The van der Waals surface area contributed by atoms with Gasteiger partial charge in [0.05, 0.1) is 0 Å². The molecule has 0 saturated carbocycles. The Hall–Kier alpha value is -0.900. The molecule has 0 saturated heterocycles. The van der Waals surface area contributed by atoms with Crippen molar-refractivity contribution in [2.45, 2.75) is 23.5 Å². The normalized spacial score (nSPS) is 13.8. The van der Waals surface area contributed by atoms with E-state index in [1.165, 1.54) is 39.0 Å². The molecule has 0 unspecified atom stereocenters. The monoisotopic (exact) mass is 395 g/mol. The third kappa shape index (κ3) is 4.31. The molecule has 116 valence electrons. The van der Waals surface area contributed by atoms with Crippen LogP contribution in [0, 0.1) is 0 Å². The first-order valence-corrected chi connectivity index (χ1v) is 9.02. The summed E-state index contributed by atoms with van der Waals surface area (Å²) in [5, 5.41) is 3.53. The van der Waals surface area contributed by atoms with Crippen LogP contribution in [0.2, 0.25) is 0 Å². The highest BCUT2D eigenvalue weighted by molar-refractivity contribution is 9.10. The molecule has 4 heteroatoms. The maximum absolute atomic E-state index is 3.62. The summed E-state index contributed by atoms with van der Waals surface area (Å²) in [6.07, 6.45) is 4.73. The molecule has 1 nitrogen and oxygen atoms in total. The third-order valence-electron chi connectivity index (χ3n) is 3.57. The molecule has 0 aliphatic carbocycles. The quantitative estimate of drug-likeness (QED) is 0.647. The van der Waals surface area contributed by atoms with E-state index in [0.29, 0.717) is 0 Å². The molecule has 1 heterocycles. The highest BCUT2D eigenvalue weighted by atomic mass is 79.9. The molecule has 2 aromatic rings. The fourth-order valence-corrected chi connectivity index (χ4v) is 4.05. The number of allylic oxidation sites excluding steroid dienone is 1. The predicted molar refractivity (Wildman–Crippen MR) is 103 cm³/mol. The second-order valence-corrected chi connectivity index (χ2v) is 6.93. The second-order valence-electron chi connectivity index (χ2n) is 5.06. The van der Waals surface area contributed by atoms with E-state index in [-0.39, 0.29) is 12.4 Å². The number of rotatable bonds is 4. The minimum absolute atomic E-state index is 0. The van der Waals surface area contributed by atoms with Crippen LogP contribution in [0.25, 0.3) is 5.70 Å². The number of nitrogens with one attached hydrogen (secondary N) is 1. The summed E-state index contributed by atoms with van der Waals surface area (Å²) in [5.74, 6) is 0.984. The van der Waals surface area contributed by atoms with E-state index in [1.54, 1.807) is 0 Å². The Bertz CT molecular complexity index is 657. The SMILES string of the molecule is Brc1ccccc1SCc1ccccc1C1=CCCCN1.Cl. The molecule has 0 bridgehead atoms. The number of thioether (sulfide) groups is 1. The summed E-state index contributed by atoms with van der Waals surface area (Å²) in [6, 6.07) is 17.1. The van der Waals surface area contributed by atoms with Gasteiger partial charge in [0.15, 0.2) is 0 Å². The third-order valence-corrected chi connectivity index (χ3v) is 5.65. The van der Waals surface area contributed by atoms with Gasteiger partial charge in [0.2, 0.25) is 0 Å². The lowest BCUT2D eigenvalue weighted by atomic mass is 10.0. The van der Waals surface area contributed by atoms with Gasteiger partial charge in [0.25, 0.3) is 0 Å². The lowest BCUT2D eigenvalue weighted by molar-refractivity contribution is 0.743. The van der Waals surface area contributed by atoms with Gasteiger partial charge in [-0.2, -0.15) is 0 Å². The first-order chi connectivity index (χ1) is 10.3. The van der Waals surface area contributed by atoms with E-state index >= 15 is 0 Å². The first-order valence-electron chi connectivity index (χ1n) is 7.24. The summed E-state index contributed by atoms with van der Waals surface area (Å²) >= 11 is 5.50. The van der Waals surface area contributed by atoms with Gasteiger partial charge in [0.1, 0.15) is 0 Å². The average molecular weight is 397 g/mol. The minimum Gasteiger partial charge on any atom is -0.385 e. The summed E-state index contributed by atoms with van der Waals surface area (Å²) in [7, 11) is 0. The van der Waals surface area contributed by atoms with Gasteiger partial charge in [-0.05, 0) is 46.5 Å². The van der Waals surface area contributed by atoms with E-state index < -0.39 is 0 Å². The van der Waals surface area contributed by atoms with Crippen molar-refractivity contribution in [2.24, 2.45) is 0 Å². The zero-order valence-corrected chi connectivity index (χ0v) is 15.4. The summed E-state index contributed by atoms with van der Waals surface area (Å²) < 4.78 is 1.17. The largest absolute Gasteiger partial charge is 0.385 e. The van der Waals surface area contributed by atoms with Gasteiger partial charge in [-0.3, -0.25) is 0 Å². The van der Waals surface area contributed by atoms with Crippen LogP contribution in [-0.2, 0) is 5.75 Å². The molecule has 1 aliphatic heterocycles. The molecule has 0 radical (unpaired) electrons. The van der Waals surface area contributed by atoms with Crippen LogP contribution in [0.3, 0.4) is 0 Å². The lowest BCUT2D eigenvalue weighted by Crippen LogP contribution is -2.18. The van der Waals surface area contributed by atoms with Gasteiger partial charge in [-0.25, -0.2) is 0 Å². The molecule has 0 fully saturated rings. The number of hydrogen-bond acceptors (Lipinski definition) is 2. The fraction of sp³-hybridized carbons (Fsp3) is 0.222. The Balaban J connectivity index is 0.00000176. The molecule has 2 aromatic carbocycles. The minimum atomic E-state index is 0. The Labute approximate surface area is 151 Å². The summed E-state index contributed by atoms with van der Waals surface area (Å²) in [4.78, 5) is 1.29. The van der Waals surface area contributed by atoms with Crippen molar-refractivity contribution in [3.8, 4) is 0 Å². The molecule has 3 rings (SSSR count). The van der Waals surface area contributed by atoms with Gasteiger partial charge in [0, 0.05) is 32.9 Å². The van der Waals surface area contributed by atoms with Crippen molar-refractivity contribution in [1.29, 1.82) is 0 Å². The molecule has 0 atom stereocenters. The molecule has 0 aromatic heterocycles. The van der Waals surface area contributed by atoms with Gasteiger partial charge in [-0.15, -0.1) is 24.2 Å². The molecule has 1 aliphatic rings. The summed E-state index contributed by atoms with van der Waals surface area (Å²) in [5.41, 5.74) is 4.03. The number of halogens is 2. The van der Waals surface area contributed by atoms with Crippen molar-refractivity contribution in [3.63, 3.8) is 0 Å². The number of benzene rings is 2. The standard InChI is InChI=1S/C18H18BrNS.ClH/c19-16-9-3-4-11-18(16)21-13-14-7-1-2-8-15(14)17-10-5-6-12-20-17;/h1-4,7-11,20H,5-6,12-13H2;1H. The van der Waals surface area contributed by atoms with Crippen molar-refractivity contribution in [1.82, 2.24) is 5.32 Å². The smallest absolute Gasteiger partial charge is 0.0376 e. The van der Waals surface area contributed by atoms with Crippen molar-refractivity contribution < 1.29 is 0 Å². The number of hydrogen-bond donors (Lipinski definition) is 1. The molecule has 0 amide bonds. The predicted octanol–water partition coefficient (Wildman–Crippen LogP) is 5.89. The highest BCUT2D eigenvalue weighted by Gasteiger charge is 2.10. The van der Waals surface area contributed by atoms with E-state index in [1.807, 2.05) is 11.8 Å². The van der Waals surface area contributed by atoms with E-state index in [0.717, 1.165) is 12.3 Å². The Kier molecular flexibility index (Phi) is 6.87. The lowest BCUT2D eigenvalue weighted by Gasteiger charge is -2.18. The molecule has 1 N–H and O–H groups in total. The van der Waals surface area contributed by atoms with E-state index in [4.69, 9.17) is 0 Å². The van der Waals surface area contributed by atoms with Crippen molar-refractivity contribution in [2.75, 3.05) is 6.54 Å². The van der Waals surface area contributed by atoms with Crippen LogP contribution in [0.1, 0.15) is 24.0 Å². The van der Waals surface area contributed by atoms with Crippen molar-refractivity contribution in [3.05, 3.63) is 70.2 Å². The van der Waals surface area contributed by atoms with E-state index in [9.17, 15) is 0 Å². The zero-order chi connectivity index (χ0) is 14.5. The van der Waals surface area contributed by atoms with Crippen LogP contribution in [-0.4, -0.2) is 6.54 Å². The topological polar surface area (TPSA) is 12.0 Å². The average Bonchev–Trinajstić information content (AvgIpc) is 2.55. The van der Waals surface area contributed by atoms with Crippen LogP contribution in [0.15, 0.2) is 64.0 Å². The van der Waals surface area contributed by atoms with Crippen molar-refractivity contribution >= 4 is 45.8 Å². The molecular formula is C18H19BrClNS. The maximum Gasteiger partial charge on any atom is 0.0376 e. The second kappa shape index (κ2) is 8.66. The molecule has 0 spiro atoms. The zero-order valence-electron chi connectivity index (χ0n) is 12.2. The fourth-order valence-electron chi connectivity index (χ4n) is 2.48. The summed E-state index contributed by atoms with van der Waals surface area (Å²) in [6.45, 7) is 1.08. The molecular weight excluding hydrogens is 378 g/mol. The van der Waals surface area contributed by atoms with Gasteiger partial charge < -0.3 is 5.32 Å².